The zero-order valence-electron chi connectivity index (χ0n) is 15.7. The molecule has 4 nitrogen and oxygen atoms in total. The lowest BCUT2D eigenvalue weighted by atomic mass is 10.2. The van der Waals surface area contributed by atoms with E-state index in [0.717, 1.165) is 11.3 Å². The molecule has 0 radical (unpaired) electrons. The first-order valence-electron chi connectivity index (χ1n) is 8.88. The summed E-state index contributed by atoms with van der Waals surface area (Å²) < 4.78 is 11.5. The first-order chi connectivity index (χ1) is 13.0. The molecule has 3 aromatic carbocycles. The Hall–Kier alpha value is -3.27. The monoisotopic (exact) mass is 361 g/mol. The standard InChI is InChI=1S/C23H23NO3/c1-16-7-11-20(12-8-16)27-21-13-9-19(10-14-21)24-23(25)18(3)26-22-6-4-5-17(2)15-22/h4-15,18H,1-3H3,(H,24,25)/t18-/m1/s1. The number of nitrogens with one attached hydrogen (secondary N) is 1. The summed E-state index contributed by atoms with van der Waals surface area (Å²) >= 11 is 0. The van der Waals surface area contributed by atoms with Gasteiger partial charge in [0.25, 0.3) is 5.91 Å². The Balaban J connectivity index is 1.56. The third-order valence-corrected chi connectivity index (χ3v) is 4.05. The van der Waals surface area contributed by atoms with Gasteiger partial charge >= 0.3 is 0 Å². The van der Waals surface area contributed by atoms with E-state index in [4.69, 9.17) is 9.47 Å². The highest BCUT2D eigenvalue weighted by atomic mass is 16.5. The maximum atomic E-state index is 12.3. The summed E-state index contributed by atoms with van der Waals surface area (Å²) in [5.41, 5.74) is 2.96. The van der Waals surface area contributed by atoms with Crippen molar-refractivity contribution in [2.24, 2.45) is 0 Å². The van der Waals surface area contributed by atoms with Crippen LogP contribution in [0.15, 0.2) is 72.8 Å². The maximum absolute atomic E-state index is 12.3. The average Bonchev–Trinajstić information content (AvgIpc) is 2.65. The topological polar surface area (TPSA) is 47.6 Å². The van der Waals surface area contributed by atoms with E-state index in [1.54, 1.807) is 19.1 Å². The van der Waals surface area contributed by atoms with E-state index in [9.17, 15) is 4.79 Å². The van der Waals surface area contributed by atoms with E-state index in [2.05, 4.69) is 5.32 Å². The fourth-order valence-corrected chi connectivity index (χ4v) is 2.54. The Kier molecular flexibility index (Phi) is 5.77. The largest absolute Gasteiger partial charge is 0.481 e. The van der Waals surface area contributed by atoms with Crippen molar-refractivity contribution in [2.45, 2.75) is 26.9 Å². The summed E-state index contributed by atoms with van der Waals surface area (Å²) in [7, 11) is 0. The van der Waals surface area contributed by atoms with Crippen LogP contribution in [0.1, 0.15) is 18.1 Å². The number of aryl methyl sites for hydroxylation is 2. The molecule has 1 N–H and O–H groups in total. The Morgan fingerprint density at radius 2 is 1.44 bits per heavy atom. The third kappa shape index (κ3) is 5.35. The molecule has 1 atom stereocenters. The van der Waals surface area contributed by atoms with Crippen LogP contribution in [0.4, 0.5) is 5.69 Å². The third-order valence-electron chi connectivity index (χ3n) is 4.05. The molecular weight excluding hydrogens is 338 g/mol. The van der Waals surface area contributed by atoms with E-state index in [1.807, 2.05) is 74.5 Å². The molecule has 0 spiro atoms. The molecule has 0 saturated carbocycles. The van der Waals surface area contributed by atoms with Crippen LogP contribution in [0.3, 0.4) is 0 Å². The van der Waals surface area contributed by atoms with Gasteiger partial charge in [-0.15, -0.1) is 0 Å². The molecule has 1 amide bonds. The molecule has 0 heterocycles. The Labute approximate surface area is 159 Å². The number of hydrogen-bond donors (Lipinski definition) is 1. The number of benzene rings is 3. The van der Waals surface area contributed by atoms with Gasteiger partial charge in [0.05, 0.1) is 0 Å². The predicted octanol–water partition coefficient (Wildman–Crippen LogP) is 5.50. The molecule has 3 aromatic rings. The second kappa shape index (κ2) is 8.41. The average molecular weight is 361 g/mol. The molecule has 0 unspecified atom stereocenters. The Morgan fingerprint density at radius 1 is 0.815 bits per heavy atom. The minimum absolute atomic E-state index is 0.205. The van der Waals surface area contributed by atoms with Gasteiger partial charge in [0.2, 0.25) is 0 Å². The molecule has 0 fully saturated rings. The van der Waals surface area contributed by atoms with Gasteiger partial charge in [-0.25, -0.2) is 0 Å². The number of amides is 1. The Morgan fingerprint density at radius 3 is 2.07 bits per heavy atom. The van der Waals surface area contributed by atoms with Crippen molar-refractivity contribution < 1.29 is 14.3 Å². The van der Waals surface area contributed by atoms with Crippen molar-refractivity contribution in [1.29, 1.82) is 0 Å². The second-order valence-corrected chi connectivity index (χ2v) is 6.51. The molecule has 3 rings (SSSR count). The zero-order valence-corrected chi connectivity index (χ0v) is 15.7. The number of rotatable bonds is 6. The Bertz CT molecular complexity index is 902. The van der Waals surface area contributed by atoms with Gasteiger partial charge in [-0.1, -0.05) is 29.8 Å². The first-order valence-corrected chi connectivity index (χ1v) is 8.88. The molecule has 138 valence electrons. The normalized spacial score (nSPS) is 11.5. The summed E-state index contributed by atoms with van der Waals surface area (Å²) in [6.45, 7) is 5.75. The molecule has 27 heavy (non-hydrogen) atoms. The number of hydrogen-bond acceptors (Lipinski definition) is 3. The van der Waals surface area contributed by atoms with E-state index >= 15 is 0 Å². The summed E-state index contributed by atoms with van der Waals surface area (Å²) in [5.74, 6) is 1.96. The first kappa shape index (κ1) is 18.5. The van der Waals surface area contributed by atoms with Gasteiger partial charge < -0.3 is 14.8 Å². The highest BCUT2D eigenvalue weighted by Crippen LogP contribution is 2.23. The lowest BCUT2D eigenvalue weighted by Crippen LogP contribution is -2.30. The van der Waals surface area contributed by atoms with Crippen LogP contribution in [-0.2, 0) is 4.79 Å². The van der Waals surface area contributed by atoms with Gasteiger partial charge in [-0.3, -0.25) is 4.79 Å². The molecule has 0 aromatic heterocycles. The summed E-state index contributed by atoms with van der Waals surface area (Å²) in [6, 6.07) is 22.7. The van der Waals surface area contributed by atoms with Crippen LogP contribution >= 0.6 is 0 Å². The quantitative estimate of drug-likeness (QED) is 0.630. The van der Waals surface area contributed by atoms with Gasteiger partial charge in [0, 0.05) is 5.69 Å². The van der Waals surface area contributed by atoms with Crippen molar-refractivity contribution in [3.63, 3.8) is 0 Å². The number of carbonyl (C=O) groups excluding carboxylic acids is 1. The smallest absolute Gasteiger partial charge is 0.265 e. The fourth-order valence-electron chi connectivity index (χ4n) is 2.54. The maximum Gasteiger partial charge on any atom is 0.265 e. The van der Waals surface area contributed by atoms with E-state index in [1.165, 1.54) is 5.56 Å². The van der Waals surface area contributed by atoms with Crippen molar-refractivity contribution in [3.8, 4) is 17.2 Å². The highest BCUT2D eigenvalue weighted by Gasteiger charge is 2.15. The van der Waals surface area contributed by atoms with Crippen molar-refractivity contribution in [3.05, 3.63) is 83.9 Å². The van der Waals surface area contributed by atoms with E-state index in [-0.39, 0.29) is 5.91 Å². The SMILES string of the molecule is Cc1ccc(Oc2ccc(NC(=O)[C@@H](C)Oc3cccc(C)c3)cc2)cc1. The molecular formula is C23H23NO3. The molecule has 0 aliphatic carbocycles. The fraction of sp³-hybridized carbons (Fsp3) is 0.174. The summed E-state index contributed by atoms with van der Waals surface area (Å²) in [5, 5.41) is 2.86. The van der Waals surface area contributed by atoms with Gasteiger partial charge in [0.1, 0.15) is 17.2 Å². The van der Waals surface area contributed by atoms with Crippen molar-refractivity contribution in [2.75, 3.05) is 5.32 Å². The van der Waals surface area contributed by atoms with Crippen LogP contribution in [0.25, 0.3) is 0 Å². The number of carbonyl (C=O) groups is 1. The minimum Gasteiger partial charge on any atom is -0.481 e. The zero-order chi connectivity index (χ0) is 19.2. The van der Waals surface area contributed by atoms with E-state index in [0.29, 0.717) is 17.2 Å². The van der Waals surface area contributed by atoms with Gasteiger partial charge in [-0.2, -0.15) is 0 Å². The predicted molar refractivity (Wildman–Crippen MR) is 108 cm³/mol. The number of anilines is 1. The van der Waals surface area contributed by atoms with Gasteiger partial charge in [-0.05, 0) is 74.9 Å². The summed E-state index contributed by atoms with van der Waals surface area (Å²) in [4.78, 5) is 12.3. The molecule has 0 bridgehead atoms. The van der Waals surface area contributed by atoms with E-state index < -0.39 is 6.10 Å². The van der Waals surface area contributed by atoms with Crippen LogP contribution in [0.5, 0.6) is 17.2 Å². The van der Waals surface area contributed by atoms with Crippen molar-refractivity contribution >= 4 is 11.6 Å². The number of ether oxygens (including phenoxy) is 2. The second-order valence-electron chi connectivity index (χ2n) is 6.51. The molecule has 4 heteroatoms. The lowest BCUT2D eigenvalue weighted by molar-refractivity contribution is -0.122. The molecule has 0 aliphatic rings. The lowest BCUT2D eigenvalue weighted by Gasteiger charge is -2.15. The van der Waals surface area contributed by atoms with Crippen LogP contribution < -0.4 is 14.8 Å². The molecule has 0 aliphatic heterocycles. The van der Waals surface area contributed by atoms with Gasteiger partial charge in [0.15, 0.2) is 6.10 Å². The van der Waals surface area contributed by atoms with Crippen molar-refractivity contribution in [1.82, 2.24) is 0 Å². The van der Waals surface area contributed by atoms with Crippen LogP contribution in [0.2, 0.25) is 0 Å². The minimum atomic E-state index is -0.602. The molecule has 0 saturated heterocycles. The van der Waals surface area contributed by atoms with Crippen LogP contribution in [0, 0.1) is 13.8 Å². The summed E-state index contributed by atoms with van der Waals surface area (Å²) in [6.07, 6.45) is -0.602. The highest BCUT2D eigenvalue weighted by molar-refractivity contribution is 5.94. The van der Waals surface area contributed by atoms with Crippen LogP contribution in [-0.4, -0.2) is 12.0 Å².